The van der Waals surface area contributed by atoms with E-state index < -0.39 is 0 Å². The Labute approximate surface area is 228 Å². The van der Waals surface area contributed by atoms with Gasteiger partial charge in [0.15, 0.2) is 0 Å². The lowest BCUT2D eigenvalue weighted by atomic mass is 9.93. The first-order chi connectivity index (χ1) is 18.8. The zero-order chi connectivity index (χ0) is 27.8. The zero-order valence-corrected chi connectivity index (χ0v) is 22.0. The number of nitrogens with two attached hydrogens (primary N) is 3. The lowest BCUT2D eigenvalue weighted by Gasteiger charge is -2.32. The first kappa shape index (κ1) is 27.7. The van der Waals surface area contributed by atoms with E-state index in [1.54, 1.807) is 42.5 Å². The Morgan fingerprint density at radius 3 is 1.64 bits per heavy atom. The Bertz CT molecular complexity index is 1220. The average Bonchev–Trinajstić information content (AvgIpc) is 2.95. The molecule has 204 valence electrons. The Kier molecular flexibility index (Phi) is 9.17. The lowest BCUT2D eigenvalue weighted by Crippen LogP contribution is -2.38. The summed E-state index contributed by atoms with van der Waals surface area (Å²) in [4.78, 5) is 15.3. The summed E-state index contributed by atoms with van der Waals surface area (Å²) in [5.41, 5.74) is 20.4. The molecule has 39 heavy (non-hydrogen) atoms. The fraction of sp³-hybridized carbons (Fsp3) is 0.300. The van der Waals surface area contributed by atoms with Crippen LogP contribution in [0.4, 0.5) is 0 Å². The van der Waals surface area contributed by atoms with Gasteiger partial charge in [-0.15, -0.1) is 0 Å². The molecule has 0 aliphatic carbocycles. The Morgan fingerprint density at radius 1 is 0.769 bits per heavy atom. The predicted octanol–water partition coefficient (Wildman–Crippen LogP) is 3.61. The zero-order valence-electron chi connectivity index (χ0n) is 22.0. The van der Waals surface area contributed by atoms with Gasteiger partial charge in [0.1, 0.15) is 36.4 Å². The number of nitrogens with one attached hydrogen (secondary N) is 2. The van der Waals surface area contributed by atoms with Crippen molar-refractivity contribution in [3.63, 3.8) is 0 Å². The minimum atomic E-state index is -0.0480. The number of nitrogen functional groups attached to an aromatic ring is 2. The third-order valence-corrected chi connectivity index (χ3v) is 6.94. The van der Waals surface area contributed by atoms with E-state index in [0.29, 0.717) is 53.7 Å². The molecule has 3 aromatic carbocycles. The normalized spacial score (nSPS) is 13.6. The molecule has 0 radical (unpaired) electrons. The minimum absolute atomic E-state index is 0.0125. The van der Waals surface area contributed by atoms with E-state index >= 15 is 0 Å². The van der Waals surface area contributed by atoms with Gasteiger partial charge in [0.2, 0.25) is 0 Å². The molecule has 3 aromatic rings. The Balaban J connectivity index is 1.50. The smallest absolute Gasteiger partial charge is 0.254 e. The number of amides is 1. The molecule has 9 nitrogen and oxygen atoms in total. The minimum Gasteiger partial charge on any atom is -0.489 e. The molecule has 1 saturated heterocycles. The van der Waals surface area contributed by atoms with Crippen molar-refractivity contribution < 1.29 is 14.3 Å². The molecule has 0 aromatic heterocycles. The van der Waals surface area contributed by atoms with E-state index in [9.17, 15) is 4.79 Å². The molecule has 0 atom stereocenters. The van der Waals surface area contributed by atoms with Crippen LogP contribution in [-0.4, -0.2) is 42.1 Å². The molecule has 0 bridgehead atoms. The highest BCUT2D eigenvalue weighted by molar-refractivity contribution is 5.96. The summed E-state index contributed by atoms with van der Waals surface area (Å²) in [6.45, 7) is 2.65. The standard InChI is InChI=1S/C30H36N6O3/c31-12-9-20-10-13-36(14-11-20)30(37)25-15-26(38-18-21-1-5-23(6-2-21)28(32)33)17-27(16-25)39-19-22-3-7-24(8-4-22)29(34)35/h1-8,15-17,20H,9-14,18-19,31H2,(H3,32,33)(H3,34,35). The van der Waals surface area contributed by atoms with Crippen molar-refractivity contribution in [1.82, 2.24) is 4.90 Å². The molecule has 1 amide bonds. The fourth-order valence-electron chi connectivity index (χ4n) is 4.60. The van der Waals surface area contributed by atoms with Crippen LogP contribution in [0.15, 0.2) is 66.7 Å². The van der Waals surface area contributed by atoms with Gasteiger partial charge in [-0.3, -0.25) is 15.6 Å². The van der Waals surface area contributed by atoms with Gasteiger partial charge in [-0.05, 0) is 55.0 Å². The number of hydrogen-bond donors (Lipinski definition) is 5. The summed E-state index contributed by atoms with van der Waals surface area (Å²) in [6.07, 6.45) is 2.90. The SMILES string of the molecule is N=C(N)c1ccc(COc2cc(OCc3ccc(C(=N)N)cc3)cc(C(=O)N3CCC(CCN)CC3)c2)cc1. The molecule has 1 aliphatic rings. The first-order valence-corrected chi connectivity index (χ1v) is 13.1. The van der Waals surface area contributed by atoms with Gasteiger partial charge in [0.25, 0.3) is 5.91 Å². The summed E-state index contributed by atoms with van der Waals surface area (Å²) >= 11 is 0. The number of carbonyl (C=O) groups excluding carboxylic acids is 1. The van der Waals surface area contributed by atoms with Crippen LogP contribution in [0.2, 0.25) is 0 Å². The van der Waals surface area contributed by atoms with E-state index in [4.69, 9.17) is 37.5 Å². The van der Waals surface area contributed by atoms with Gasteiger partial charge in [-0.1, -0.05) is 48.5 Å². The summed E-state index contributed by atoms with van der Waals surface area (Å²) in [5, 5.41) is 15.1. The molecule has 0 unspecified atom stereocenters. The van der Waals surface area contributed by atoms with Gasteiger partial charge < -0.3 is 31.6 Å². The molecule has 0 spiro atoms. The topological polar surface area (TPSA) is 165 Å². The van der Waals surface area contributed by atoms with E-state index in [-0.39, 0.29) is 30.8 Å². The number of amidine groups is 2. The van der Waals surface area contributed by atoms with Crippen LogP contribution in [0.25, 0.3) is 0 Å². The number of carbonyl (C=O) groups is 1. The molecule has 1 fully saturated rings. The number of benzene rings is 3. The second kappa shape index (κ2) is 12.9. The summed E-state index contributed by atoms with van der Waals surface area (Å²) in [6, 6.07) is 19.8. The number of rotatable bonds is 11. The van der Waals surface area contributed by atoms with Crippen LogP contribution in [-0.2, 0) is 13.2 Å². The summed E-state index contributed by atoms with van der Waals surface area (Å²) in [7, 11) is 0. The van der Waals surface area contributed by atoms with Gasteiger partial charge in [-0.25, -0.2) is 0 Å². The lowest BCUT2D eigenvalue weighted by molar-refractivity contribution is 0.0687. The van der Waals surface area contributed by atoms with Crippen molar-refractivity contribution in [3.05, 3.63) is 94.5 Å². The monoisotopic (exact) mass is 528 g/mol. The molecular weight excluding hydrogens is 492 g/mol. The molecular formula is C30H36N6O3. The third-order valence-electron chi connectivity index (χ3n) is 6.94. The van der Waals surface area contributed by atoms with Crippen LogP contribution in [0.5, 0.6) is 11.5 Å². The quantitative estimate of drug-likeness (QED) is 0.188. The van der Waals surface area contributed by atoms with Crippen LogP contribution in [0, 0.1) is 16.7 Å². The Hall–Kier alpha value is -4.37. The van der Waals surface area contributed by atoms with E-state index in [1.807, 2.05) is 29.2 Å². The predicted molar refractivity (Wildman–Crippen MR) is 152 cm³/mol. The summed E-state index contributed by atoms with van der Waals surface area (Å²) in [5.74, 6) is 1.59. The highest BCUT2D eigenvalue weighted by atomic mass is 16.5. The maximum absolute atomic E-state index is 13.4. The van der Waals surface area contributed by atoms with Gasteiger partial charge in [-0.2, -0.15) is 0 Å². The number of piperidine rings is 1. The van der Waals surface area contributed by atoms with E-state index in [2.05, 4.69) is 0 Å². The number of nitrogens with zero attached hydrogens (tertiary/aromatic N) is 1. The molecule has 8 N–H and O–H groups in total. The van der Waals surface area contributed by atoms with Crippen LogP contribution in [0.1, 0.15) is 51.9 Å². The van der Waals surface area contributed by atoms with E-state index in [1.165, 1.54) is 0 Å². The molecule has 4 rings (SSSR count). The largest absolute Gasteiger partial charge is 0.489 e. The highest BCUT2D eigenvalue weighted by Gasteiger charge is 2.24. The number of hydrogen-bond acceptors (Lipinski definition) is 6. The highest BCUT2D eigenvalue weighted by Crippen LogP contribution is 2.28. The molecule has 1 heterocycles. The van der Waals surface area contributed by atoms with Crippen LogP contribution >= 0.6 is 0 Å². The van der Waals surface area contributed by atoms with Gasteiger partial charge in [0.05, 0.1) is 0 Å². The van der Waals surface area contributed by atoms with Gasteiger partial charge >= 0.3 is 0 Å². The van der Waals surface area contributed by atoms with Gasteiger partial charge in [0, 0.05) is 35.8 Å². The van der Waals surface area contributed by atoms with Crippen molar-refractivity contribution in [2.45, 2.75) is 32.5 Å². The van der Waals surface area contributed by atoms with Crippen molar-refractivity contribution in [2.24, 2.45) is 23.1 Å². The number of likely N-dealkylation sites (tertiary alicyclic amines) is 1. The fourth-order valence-corrected chi connectivity index (χ4v) is 4.60. The average molecular weight is 529 g/mol. The maximum atomic E-state index is 13.4. The maximum Gasteiger partial charge on any atom is 0.254 e. The third kappa shape index (κ3) is 7.58. The summed E-state index contributed by atoms with van der Waals surface area (Å²) < 4.78 is 12.1. The van der Waals surface area contributed by atoms with Crippen LogP contribution < -0.4 is 26.7 Å². The van der Waals surface area contributed by atoms with Crippen molar-refractivity contribution in [2.75, 3.05) is 19.6 Å². The number of ether oxygens (including phenoxy) is 2. The molecule has 1 aliphatic heterocycles. The first-order valence-electron chi connectivity index (χ1n) is 13.1. The van der Waals surface area contributed by atoms with Crippen LogP contribution in [0.3, 0.4) is 0 Å². The Morgan fingerprint density at radius 2 is 1.23 bits per heavy atom. The van der Waals surface area contributed by atoms with Crippen molar-refractivity contribution in [3.8, 4) is 11.5 Å². The van der Waals surface area contributed by atoms with Crippen molar-refractivity contribution >= 4 is 17.6 Å². The second-order valence-corrected chi connectivity index (χ2v) is 9.80. The second-order valence-electron chi connectivity index (χ2n) is 9.80. The van der Waals surface area contributed by atoms with E-state index in [0.717, 1.165) is 30.4 Å². The van der Waals surface area contributed by atoms with Crippen molar-refractivity contribution in [1.29, 1.82) is 10.8 Å². The molecule has 9 heteroatoms. The molecule has 0 saturated carbocycles.